The summed E-state index contributed by atoms with van der Waals surface area (Å²) in [4.78, 5) is 18.6. The molecule has 0 N–H and O–H groups in total. The van der Waals surface area contributed by atoms with Gasteiger partial charge >= 0.3 is 0 Å². The molecule has 0 aliphatic heterocycles. The van der Waals surface area contributed by atoms with Crippen molar-refractivity contribution < 1.29 is 9.18 Å². The molecule has 1 aromatic heterocycles. The zero-order valence-corrected chi connectivity index (χ0v) is 15.0. The topological polar surface area (TPSA) is 33.2 Å². The van der Waals surface area contributed by atoms with E-state index in [9.17, 15) is 9.18 Å². The van der Waals surface area contributed by atoms with Crippen molar-refractivity contribution in [3.8, 4) is 10.6 Å². The quantitative estimate of drug-likeness (QED) is 0.660. The third kappa shape index (κ3) is 4.12. The Labute approximate surface area is 150 Å². The van der Waals surface area contributed by atoms with Crippen LogP contribution >= 0.6 is 11.3 Å². The first-order valence-corrected chi connectivity index (χ1v) is 8.99. The molecule has 0 aliphatic rings. The Kier molecular flexibility index (Phi) is 5.24. The minimum atomic E-state index is -0.282. The summed E-state index contributed by atoms with van der Waals surface area (Å²) in [5, 5.41) is 2.62. The van der Waals surface area contributed by atoms with Crippen LogP contribution < -0.4 is 0 Å². The maximum absolute atomic E-state index is 13.0. The van der Waals surface area contributed by atoms with Gasteiger partial charge in [-0.2, -0.15) is 0 Å². The number of amides is 1. The first kappa shape index (κ1) is 17.3. The van der Waals surface area contributed by atoms with Crippen LogP contribution in [0.25, 0.3) is 10.6 Å². The van der Waals surface area contributed by atoms with Crippen LogP contribution in [0.15, 0.2) is 53.9 Å². The molecule has 0 fully saturated rings. The molecular formula is C20H19FN2OS. The number of thiazole rings is 1. The van der Waals surface area contributed by atoms with Crippen LogP contribution in [0.4, 0.5) is 4.39 Å². The van der Waals surface area contributed by atoms with Gasteiger partial charge in [-0.05, 0) is 29.7 Å². The van der Waals surface area contributed by atoms with E-state index >= 15 is 0 Å². The fraction of sp³-hybridized carbons (Fsp3) is 0.200. The lowest BCUT2D eigenvalue weighted by molar-refractivity contribution is 0.0780. The molecule has 1 heterocycles. The number of benzene rings is 2. The van der Waals surface area contributed by atoms with E-state index < -0.39 is 0 Å². The second-order valence-electron chi connectivity index (χ2n) is 5.88. The minimum Gasteiger partial charge on any atom is -0.336 e. The molecule has 2 aromatic carbocycles. The van der Waals surface area contributed by atoms with Gasteiger partial charge in [0.2, 0.25) is 0 Å². The molecule has 0 saturated heterocycles. The Morgan fingerprint density at radius 3 is 2.36 bits per heavy atom. The van der Waals surface area contributed by atoms with Crippen LogP contribution in [0.5, 0.6) is 0 Å². The molecule has 3 rings (SSSR count). The number of carbonyl (C=O) groups excluding carboxylic acids is 1. The van der Waals surface area contributed by atoms with Crippen molar-refractivity contribution in [2.24, 2.45) is 0 Å². The number of aromatic nitrogens is 1. The van der Waals surface area contributed by atoms with Crippen molar-refractivity contribution in [2.75, 3.05) is 7.05 Å². The van der Waals surface area contributed by atoms with Gasteiger partial charge in [-0.1, -0.05) is 43.3 Å². The molecule has 1 amide bonds. The van der Waals surface area contributed by atoms with Crippen LogP contribution in [0.1, 0.15) is 28.5 Å². The maximum atomic E-state index is 13.0. The third-order valence-corrected chi connectivity index (χ3v) is 4.90. The Balaban J connectivity index is 1.71. The summed E-state index contributed by atoms with van der Waals surface area (Å²) in [5.74, 6) is -0.423. The number of rotatable bonds is 5. The molecule has 5 heteroatoms. The number of carbonyl (C=O) groups is 1. The van der Waals surface area contributed by atoms with Crippen molar-refractivity contribution in [3.05, 3.63) is 76.5 Å². The molecule has 25 heavy (non-hydrogen) atoms. The van der Waals surface area contributed by atoms with Crippen LogP contribution in [-0.2, 0) is 13.0 Å². The Hall–Kier alpha value is -2.53. The minimum absolute atomic E-state index is 0.142. The van der Waals surface area contributed by atoms with E-state index in [2.05, 4.69) is 24.0 Å². The smallest absolute Gasteiger partial charge is 0.273 e. The van der Waals surface area contributed by atoms with Gasteiger partial charge in [0, 0.05) is 24.5 Å². The summed E-state index contributed by atoms with van der Waals surface area (Å²) in [6, 6.07) is 14.4. The normalized spacial score (nSPS) is 10.7. The zero-order valence-electron chi connectivity index (χ0n) is 14.2. The van der Waals surface area contributed by atoms with Gasteiger partial charge in [0.1, 0.15) is 16.5 Å². The molecule has 0 bridgehead atoms. The molecule has 0 radical (unpaired) electrons. The Bertz CT molecular complexity index is 856. The molecule has 0 saturated carbocycles. The van der Waals surface area contributed by atoms with Crippen molar-refractivity contribution in [2.45, 2.75) is 19.9 Å². The molecule has 0 aliphatic carbocycles. The van der Waals surface area contributed by atoms with E-state index in [0.717, 1.165) is 22.6 Å². The first-order valence-electron chi connectivity index (χ1n) is 8.11. The number of hydrogen-bond donors (Lipinski definition) is 0. The van der Waals surface area contributed by atoms with Crippen molar-refractivity contribution in [3.63, 3.8) is 0 Å². The van der Waals surface area contributed by atoms with Gasteiger partial charge in [-0.3, -0.25) is 4.79 Å². The number of aryl methyl sites for hydroxylation is 1. The largest absolute Gasteiger partial charge is 0.336 e. The average molecular weight is 354 g/mol. The van der Waals surface area contributed by atoms with Crippen LogP contribution in [0, 0.1) is 5.82 Å². The van der Waals surface area contributed by atoms with E-state index in [1.165, 1.54) is 29.0 Å². The second-order valence-corrected chi connectivity index (χ2v) is 6.73. The van der Waals surface area contributed by atoms with E-state index in [-0.39, 0.29) is 11.7 Å². The zero-order chi connectivity index (χ0) is 17.8. The Morgan fingerprint density at radius 2 is 1.72 bits per heavy atom. The molecule has 3 aromatic rings. The lowest BCUT2D eigenvalue weighted by Gasteiger charge is -2.15. The lowest BCUT2D eigenvalue weighted by Crippen LogP contribution is -2.26. The van der Waals surface area contributed by atoms with Crippen molar-refractivity contribution in [1.82, 2.24) is 9.88 Å². The van der Waals surface area contributed by atoms with E-state index in [1.54, 1.807) is 29.5 Å². The van der Waals surface area contributed by atoms with E-state index in [4.69, 9.17) is 0 Å². The van der Waals surface area contributed by atoms with Gasteiger partial charge in [0.25, 0.3) is 5.91 Å². The van der Waals surface area contributed by atoms with Gasteiger partial charge in [0.05, 0.1) is 0 Å². The van der Waals surface area contributed by atoms with Crippen LogP contribution in [0.2, 0.25) is 0 Å². The number of halogens is 1. The van der Waals surface area contributed by atoms with Crippen molar-refractivity contribution >= 4 is 17.2 Å². The monoisotopic (exact) mass is 354 g/mol. The van der Waals surface area contributed by atoms with Gasteiger partial charge in [-0.15, -0.1) is 11.3 Å². The second kappa shape index (κ2) is 7.57. The molecule has 0 atom stereocenters. The summed E-state index contributed by atoms with van der Waals surface area (Å²) >= 11 is 1.46. The van der Waals surface area contributed by atoms with Gasteiger partial charge in [0.15, 0.2) is 0 Å². The first-order chi connectivity index (χ1) is 12.1. The lowest BCUT2D eigenvalue weighted by atomic mass is 10.1. The maximum Gasteiger partial charge on any atom is 0.273 e. The predicted octanol–water partition coefficient (Wildman–Crippen LogP) is 4.78. The summed E-state index contributed by atoms with van der Waals surface area (Å²) in [5.41, 5.74) is 3.60. The van der Waals surface area contributed by atoms with Crippen LogP contribution in [0.3, 0.4) is 0 Å². The number of hydrogen-bond acceptors (Lipinski definition) is 3. The molecule has 0 unspecified atom stereocenters. The summed E-state index contributed by atoms with van der Waals surface area (Å²) in [7, 11) is 1.72. The highest BCUT2D eigenvalue weighted by Gasteiger charge is 2.16. The van der Waals surface area contributed by atoms with Gasteiger partial charge < -0.3 is 4.90 Å². The summed E-state index contributed by atoms with van der Waals surface area (Å²) in [6.45, 7) is 2.53. The van der Waals surface area contributed by atoms with Gasteiger partial charge in [-0.25, -0.2) is 9.37 Å². The fourth-order valence-electron chi connectivity index (χ4n) is 2.52. The fourth-order valence-corrected chi connectivity index (χ4v) is 3.32. The summed E-state index contributed by atoms with van der Waals surface area (Å²) in [6.07, 6.45) is 0.996. The Morgan fingerprint density at radius 1 is 1.08 bits per heavy atom. The van der Waals surface area contributed by atoms with Crippen LogP contribution in [-0.4, -0.2) is 22.8 Å². The molecular weight excluding hydrogens is 335 g/mol. The summed E-state index contributed by atoms with van der Waals surface area (Å²) < 4.78 is 13.0. The molecule has 128 valence electrons. The predicted molar refractivity (Wildman–Crippen MR) is 99.1 cm³/mol. The molecule has 0 spiro atoms. The molecule has 3 nitrogen and oxygen atoms in total. The SMILES string of the molecule is CCc1ccc(-c2nc(C(=O)N(C)Cc3ccc(F)cc3)cs2)cc1. The average Bonchev–Trinajstić information content (AvgIpc) is 3.13. The van der Waals surface area contributed by atoms with E-state index in [0.29, 0.717) is 12.2 Å². The third-order valence-electron chi connectivity index (χ3n) is 4.01. The number of nitrogens with zero attached hydrogens (tertiary/aromatic N) is 2. The highest BCUT2D eigenvalue weighted by atomic mass is 32.1. The highest BCUT2D eigenvalue weighted by Crippen LogP contribution is 2.25. The van der Waals surface area contributed by atoms with Crippen molar-refractivity contribution in [1.29, 1.82) is 0 Å². The highest BCUT2D eigenvalue weighted by molar-refractivity contribution is 7.13. The standard InChI is InChI=1S/C20H19FN2OS/c1-3-14-4-8-16(9-5-14)19-22-18(13-25-19)20(24)23(2)12-15-6-10-17(21)11-7-15/h4-11,13H,3,12H2,1-2H3. The van der Waals surface area contributed by atoms with E-state index in [1.807, 2.05) is 12.1 Å².